The van der Waals surface area contributed by atoms with E-state index in [0.29, 0.717) is 32.0 Å². The van der Waals surface area contributed by atoms with Gasteiger partial charge in [0.1, 0.15) is 0 Å². The van der Waals surface area contributed by atoms with Gasteiger partial charge in [-0.2, -0.15) is 0 Å². The first kappa shape index (κ1) is 19.0. The average molecular weight is 406 g/mol. The van der Waals surface area contributed by atoms with Gasteiger partial charge in [-0.05, 0) is 24.5 Å². The van der Waals surface area contributed by atoms with E-state index < -0.39 is 0 Å². The summed E-state index contributed by atoms with van der Waals surface area (Å²) < 4.78 is 0. The summed E-state index contributed by atoms with van der Waals surface area (Å²) in [5.74, 6) is 1.34. The standard InChI is InChI=1S/C23H27N5O2/c1-26-21(30)18-15-28(22-24-10-5-11-25-22)16-19(18)23(26)8-12-27(13-9-23)20(29)14-17-6-3-2-4-7-17/h2-7,10-11,18-19H,8-9,12-16H2,1H3/t18-,19+/m0/s1. The summed E-state index contributed by atoms with van der Waals surface area (Å²) in [4.78, 5) is 40.7. The van der Waals surface area contributed by atoms with Crippen LogP contribution in [0.15, 0.2) is 48.8 Å². The molecule has 0 radical (unpaired) electrons. The third-order valence-corrected chi connectivity index (χ3v) is 7.34. The van der Waals surface area contributed by atoms with Gasteiger partial charge in [-0.25, -0.2) is 9.97 Å². The number of nitrogens with zero attached hydrogens (tertiary/aromatic N) is 5. The molecular formula is C23H27N5O2. The monoisotopic (exact) mass is 405 g/mol. The van der Waals surface area contributed by atoms with Gasteiger partial charge in [0.15, 0.2) is 0 Å². The lowest BCUT2D eigenvalue weighted by molar-refractivity contribution is -0.136. The molecule has 7 heteroatoms. The van der Waals surface area contributed by atoms with Crippen LogP contribution in [-0.2, 0) is 16.0 Å². The molecule has 1 aromatic carbocycles. The molecule has 0 aliphatic carbocycles. The molecule has 3 fully saturated rings. The van der Waals surface area contributed by atoms with E-state index in [0.717, 1.165) is 24.9 Å². The zero-order valence-electron chi connectivity index (χ0n) is 17.3. The second-order valence-electron chi connectivity index (χ2n) is 8.71. The van der Waals surface area contributed by atoms with Crippen molar-refractivity contribution >= 4 is 17.8 Å². The van der Waals surface area contributed by atoms with Gasteiger partial charge >= 0.3 is 0 Å². The van der Waals surface area contributed by atoms with Crippen molar-refractivity contribution in [1.29, 1.82) is 0 Å². The minimum absolute atomic E-state index is 0.00891. The quantitative estimate of drug-likeness (QED) is 0.776. The number of carbonyl (C=O) groups excluding carboxylic acids is 2. The highest BCUT2D eigenvalue weighted by Crippen LogP contribution is 2.49. The van der Waals surface area contributed by atoms with Crippen LogP contribution in [0.2, 0.25) is 0 Å². The second-order valence-corrected chi connectivity index (χ2v) is 8.71. The Labute approximate surface area is 176 Å². The van der Waals surface area contributed by atoms with Crippen LogP contribution in [0.4, 0.5) is 5.95 Å². The molecule has 3 aliphatic rings. The predicted octanol–water partition coefficient (Wildman–Crippen LogP) is 1.60. The fraction of sp³-hybridized carbons (Fsp3) is 0.478. The van der Waals surface area contributed by atoms with Gasteiger partial charge in [0.25, 0.3) is 0 Å². The van der Waals surface area contributed by atoms with E-state index in [2.05, 4.69) is 14.9 Å². The van der Waals surface area contributed by atoms with Crippen LogP contribution in [0, 0.1) is 11.8 Å². The number of fused-ring (bicyclic) bond motifs is 2. The van der Waals surface area contributed by atoms with Crippen LogP contribution in [0.3, 0.4) is 0 Å². The first-order chi connectivity index (χ1) is 14.6. The number of rotatable bonds is 3. The van der Waals surface area contributed by atoms with Crippen molar-refractivity contribution < 1.29 is 9.59 Å². The van der Waals surface area contributed by atoms with E-state index in [-0.39, 0.29) is 29.2 Å². The molecule has 5 rings (SSSR count). The summed E-state index contributed by atoms with van der Waals surface area (Å²) in [6, 6.07) is 11.7. The molecule has 30 heavy (non-hydrogen) atoms. The van der Waals surface area contributed by atoms with Crippen molar-refractivity contribution in [2.24, 2.45) is 11.8 Å². The SMILES string of the molecule is CN1C(=O)[C@H]2CN(c3ncccn3)C[C@H]2C12CCN(C(=O)Cc1ccccc1)CC2. The first-order valence-corrected chi connectivity index (χ1v) is 10.7. The largest absolute Gasteiger partial charge is 0.342 e. The Kier molecular flexibility index (Phi) is 4.68. The van der Waals surface area contributed by atoms with Gasteiger partial charge < -0.3 is 14.7 Å². The summed E-state index contributed by atoms with van der Waals surface area (Å²) in [5, 5.41) is 0. The molecule has 2 atom stereocenters. The zero-order valence-corrected chi connectivity index (χ0v) is 17.3. The third-order valence-electron chi connectivity index (χ3n) is 7.34. The summed E-state index contributed by atoms with van der Waals surface area (Å²) in [6.45, 7) is 2.88. The van der Waals surface area contributed by atoms with Crippen molar-refractivity contribution in [3.05, 3.63) is 54.4 Å². The zero-order chi connectivity index (χ0) is 20.7. The van der Waals surface area contributed by atoms with Gasteiger partial charge in [0.05, 0.1) is 17.9 Å². The van der Waals surface area contributed by atoms with Crippen LogP contribution in [0.5, 0.6) is 0 Å². The minimum atomic E-state index is -0.172. The van der Waals surface area contributed by atoms with E-state index in [9.17, 15) is 9.59 Å². The molecule has 3 aliphatic heterocycles. The predicted molar refractivity (Wildman–Crippen MR) is 113 cm³/mol. The molecule has 7 nitrogen and oxygen atoms in total. The Morgan fingerprint density at radius 2 is 1.77 bits per heavy atom. The molecule has 156 valence electrons. The highest BCUT2D eigenvalue weighted by molar-refractivity contribution is 5.85. The molecule has 2 amide bonds. The summed E-state index contributed by atoms with van der Waals surface area (Å²) in [6.07, 6.45) is 5.60. The second kappa shape index (κ2) is 7.38. The van der Waals surface area contributed by atoms with Crippen LogP contribution in [-0.4, -0.2) is 70.3 Å². The summed E-state index contributed by atoms with van der Waals surface area (Å²) >= 11 is 0. The van der Waals surface area contributed by atoms with Gasteiger partial charge in [-0.3, -0.25) is 9.59 Å². The summed E-state index contributed by atoms with van der Waals surface area (Å²) in [7, 11) is 1.95. The van der Waals surface area contributed by atoms with Gasteiger partial charge in [-0.15, -0.1) is 0 Å². The molecule has 2 aromatic rings. The molecule has 0 bridgehead atoms. The number of likely N-dealkylation sites (tertiary alicyclic amines) is 2. The lowest BCUT2D eigenvalue weighted by Crippen LogP contribution is -2.56. The van der Waals surface area contributed by atoms with Crippen LogP contribution >= 0.6 is 0 Å². The molecule has 1 spiro atoms. The molecular weight excluding hydrogens is 378 g/mol. The molecule has 0 N–H and O–H groups in total. The number of aromatic nitrogens is 2. The van der Waals surface area contributed by atoms with E-state index in [1.807, 2.05) is 53.2 Å². The molecule has 3 saturated heterocycles. The number of anilines is 1. The number of hydrogen-bond acceptors (Lipinski definition) is 5. The normalized spacial score (nSPS) is 25.1. The fourth-order valence-corrected chi connectivity index (χ4v) is 5.67. The Hall–Kier alpha value is -2.96. The highest BCUT2D eigenvalue weighted by Gasteiger charge is 2.60. The minimum Gasteiger partial charge on any atom is -0.342 e. The van der Waals surface area contributed by atoms with Gasteiger partial charge in [0.2, 0.25) is 17.8 Å². The van der Waals surface area contributed by atoms with Crippen LogP contribution in [0.1, 0.15) is 18.4 Å². The average Bonchev–Trinajstić information content (AvgIpc) is 3.31. The van der Waals surface area contributed by atoms with Crippen LogP contribution < -0.4 is 4.90 Å². The molecule has 0 unspecified atom stereocenters. The number of carbonyl (C=O) groups is 2. The van der Waals surface area contributed by atoms with Crippen molar-refractivity contribution in [1.82, 2.24) is 19.8 Å². The third kappa shape index (κ3) is 3.04. The topological polar surface area (TPSA) is 69.6 Å². The van der Waals surface area contributed by atoms with Crippen LogP contribution in [0.25, 0.3) is 0 Å². The number of piperidine rings is 1. The van der Waals surface area contributed by atoms with E-state index in [4.69, 9.17) is 0 Å². The lowest BCUT2D eigenvalue weighted by Gasteiger charge is -2.46. The van der Waals surface area contributed by atoms with E-state index in [1.54, 1.807) is 12.4 Å². The van der Waals surface area contributed by atoms with Gasteiger partial charge in [-0.1, -0.05) is 30.3 Å². The Morgan fingerprint density at radius 1 is 1.07 bits per heavy atom. The highest BCUT2D eigenvalue weighted by atomic mass is 16.2. The van der Waals surface area contributed by atoms with Crippen molar-refractivity contribution in [3.8, 4) is 0 Å². The smallest absolute Gasteiger partial charge is 0.228 e. The van der Waals surface area contributed by atoms with Crippen molar-refractivity contribution in [2.45, 2.75) is 24.8 Å². The number of amides is 2. The lowest BCUT2D eigenvalue weighted by atomic mass is 9.75. The van der Waals surface area contributed by atoms with E-state index >= 15 is 0 Å². The Morgan fingerprint density at radius 3 is 2.47 bits per heavy atom. The van der Waals surface area contributed by atoms with Crippen molar-refractivity contribution in [2.75, 3.05) is 38.1 Å². The maximum atomic E-state index is 13.1. The Bertz CT molecular complexity index is 927. The first-order valence-electron chi connectivity index (χ1n) is 10.7. The molecule has 0 saturated carbocycles. The maximum absolute atomic E-state index is 13.1. The fourth-order valence-electron chi connectivity index (χ4n) is 5.67. The Balaban J connectivity index is 1.29. The summed E-state index contributed by atoms with van der Waals surface area (Å²) in [5.41, 5.74) is 0.875. The van der Waals surface area contributed by atoms with Crippen molar-refractivity contribution in [3.63, 3.8) is 0 Å². The maximum Gasteiger partial charge on any atom is 0.228 e. The number of benzene rings is 1. The number of hydrogen-bond donors (Lipinski definition) is 0. The molecule has 1 aromatic heterocycles. The van der Waals surface area contributed by atoms with E-state index in [1.165, 1.54) is 0 Å². The molecule has 4 heterocycles. The van der Waals surface area contributed by atoms with Gasteiger partial charge in [0, 0.05) is 51.5 Å².